The summed E-state index contributed by atoms with van der Waals surface area (Å²) < 4.78 is 30.7. The van der Waals surface area contributed by atoms with E-state index in [0.717, 1.165) is 6.54 Å². The van der Waals surface area contributed by atoms with E-state index in [1.165, 1.54) is 29.5 Å². The maximum atomic E-state index is 15.4. The van der Waals surface area contributed by atoms with Crippen LogP contribution >= 0.6 is 11.3 Å². The number of aromatic nitrogens is 3. The zero-order chi connectivity index (χ0) is 26.1. The largest absolute Gasteiger partial charge is 0.394 e. The Kier molecular flexibility index (Phi) is 7.06. The molecule has 1 atom stereocenters. The molecule has 5 rings (SSSR count). The third-order valence-corrected chi connectivity index (χ3v) is 7.57. The fraction of sp³-hybridized carbons (Fsp3) is 0.346. The van der Waals surface area contributed by atoms with Crippen molar-refractivity contribution < 1.29 is 13.9 Å². The van der Waals surface area contributed by atoms with Crippen LogP contribution in [0.2, 0.25) is 0 Å². The quantitative estimate of drug-likeness (QED) is 0.374. The first-order chi connectivity index (χ1) is 18.0. The second-order valence-electron chi connectivity index (χ2n) is 8.73. The predicted octanol–water partition coefficient (Wildman–Crippen LogP) is 4.26. The van der Waals surface area contributed by atoms with Crippen molar-refractivity contribution in [2.75, 3.05) is 42.6 Å². The summed E-state index contributed by atoms with van der Waals surface area (Å²) in [4.78, 5) is 9.12. The number of rotatable bonds is 7. The van der Waals surface area contributed by atoms with Crippen molar-refractivity contribution in [2.24, 2.45) is 0 Å². The molecule has 8 nitrogen and oxygen atoms in total. The summed E-state index contributed by atoms with van der Waals surface area (Å²) in [5.74, 6) is -0.117. The smallest absolute Gasteiger partial charge is 0.192 e. The number of halogens is 2. The van der Waals surface area contributed by atoms with Gasteiger partial charge in [0, 0.05) is 49.4 Å². The van der Waals surface area contributed by atoms with Crippen LogP contribution in [0.4, 0.5) is 25.4 Å². The van der Waals surface area contributed by atoms with E-state index in [-0.39, 0.29) is 24.0 Å². The lowest BCUT2D eigenvalue weighted by molar-refractivity contribution is 0.246. The van der Waals surface area contributed by atoms with Crippen molar-refractivity contribution in [1.29, 1.82) is 5.26 Å². The van der Waals surface area contributed by atoms with Gasteiger partial charge >= 0.3 is 0 Å². The average Bonchev–Trinajstić information content (AvgIpc) is 3.52. The highest BCUT2D eigenvalue weighted by molar-refractivity contribution is 7.16. The minimum Gasteiger partial charge on any atom is -0.394 e. The summed E-state index contributed by atoms with van der Waals surface area (Å²) in [6.07, 6.45) is 0. The van der Waals surface area contributed by atoms with Crippen LogP contribution in [0.3, 0.4) is 0 Å². The van der Waals surface area contributed by atoms with E-state index in [4.69, 9.17) is 4.98 Å². The van der Waals surface area contributed by atoms with E-state index in [9.17, 15) is 14.8 Å². The Morgan fingerprint density at radius 3 is 2.70 bits per heavy atom. The summed E-state index contributed by atoms with van der Waals surface area (Å²) in [6, 6.07) is 11.3. The highest BCUT2D eigenvalue weighted by Gasteiger charge is 2.27. The molecular formula is C26H27F2N7OS. The van der Waals surface area contributed by atoms with Gasteiger partial charge in [-0.1, -0.05) is 11.3 Å². The normalized spacial score (nSPS) is 15.8. The molecule has 192 valence electrons. The van der Waals surface area contributed by atoms with Crippen molar-refractivity contribution >= 4 is 38.9 Å². The molecule has 1 fully saturated rings. The number of nitrogens with one attached hydrogen (secondary N) is 1. The number of piperazine rings is 1. The third kappa shape index (κ3) is 4.52. The molecule has 1 saturated heterocycles. The molecule has 0 saturated carbocycles. The zero-order valence-corrected chi connectivity index (χ0v) is 21.4. The van der Waals surface area contributed by atoms with E-state index in [0.29, 0.717) is 64.3 Å². The minimum absolute atomic E-state index is 0.0446. The number of thiazole rings is 1. The second-order valence-corrected chi connectivity index (χ2v) is 9.71. The maximum Gasteiger partial charge on any atom is 0.192 e. The van der Waals surface area contributed by atoms with Crippen molar-refractivity contribution in [3.8, 4) is 17.3 Å². The van der Waals surface area contributed by atoms with Gasteiger partial charge in [-0.2, -0.15) is 10.4 Å². The lowest BCUT2D eigenvalue weighted by Crippen LogP contribution is -2.53. The predicted molar refractivity (Wildman–Crippen MR) is 141 cm³/mol. The first-order valence-corrected chi connectivity index (χ1v) is 13.0. The molecule has 1 unspecified atom stereocenters. The fourth-order valence-electron chi connectivity index (χ4n) is 4.78. The molecule has 1 aliphatic heterocycles. The highest BCUT2D eigenvalue weighted by Crippen LogP contribution is 2.40. The topological polar surface area (TPSA) is 93.2 Å². The molecule has 0 radical (unpaired) electrons. The Labute approximate surface area is 217 Å². The molecule has 0 bridgehead atoms. The van der Waals surface area contributed by atoms with E-state index in [1.807, 2.05) is 29.7 Å². The van der Waals surface area contributed by atoms with Crippen LogP contribution in [0.5, 0.6) is 0 Å². The minimum atomic E-state index is -0.434. The summed E-state index contributed by atoms with van der Waals surface area (Å²) in [6.45, 7) is 6.85. The van der Waals surface area contributed by atoms with Crippen LogP contribution in [0, 0.1) is 23.0 Å². The third-order valence-electron chi connectivity index (χ3n) is 6.58. The van der Waals surface area contributed by atoms with Crippen LogP contribution in [0.25, 0.3) is 22.2 Å². The lowest BCUT2D eigenvalue weighted by Gasteiger charge is -2.37. The number of hydrogen-bond donors (Lipinski definition) is 2. The van der Waals surface area contributed by atoms with Crippen molar-refractivity contribution in [3.05, 3.63) is 52.9 Å². The fourth-order valence-corrected chi connectivity index (χ4v) is 5.73. The molecule has 1 aliphatic rings. The van der Waals surface area contributed by atoms with Gasteiger partial charge in [-0.15, -0.1) is 0 Å². The molecule has 0 aliphatic carbocycles. The van der Waals surface area contributed by atoms with Gasteiger partial charge in [-0.25, -0.2) is 18.4 Å². The van der Waals surface area contributed by atoms with Gasteiger partial charge < -0.3 is 20.2 Å². The second kappa shape index (κ2) is 10.4. The van der Waals surface area contributed by atoms with Gasteiger partial charge in [-0.05, 0) is 50.2 Å². The van der Waals surface area contributed by atoms with Crippen LogP contribution in [0.1, 0.15) is 18.7 Å². The van der Waals surface area contributed by atoms with Gasteiger partial charge in [0.1, 0.15) is 33.8 Å². The van der Waals surface area contributed by atoms with E-state index in [2.05, 4.69) is 16.5 Å². The molecule has 37 heavy (non-hydrogen) atoms. The Morgan fingerprint density at radius 2 is 2.03 bits per heavy atom. The Morgan fingerprint density at radius 1 is 1.24 bits per heavy atom. The molecular weight excluding hydrogens is 496 g/mol. The van der Waals surface area contributed by atoms with E-state index < -0.39 is 5.82 Å². The first kappa shape index (κ1) is 25.1. The molecule has 11 heteroatoms. The van der Waals surface area contributed by atoms with Crippen LogP contribution < -0.4 is 15.1 Å². The van der Waals surface area contributed by atoms with Gasteiger partial charge in [-0.3, -0.25) is 0 Å². The Hall–Kier alpha value is -3.59. The number of nitrogens with zero attached hydrogens (tertiary/aromatic N) is 6. The maximum absolute atomic E-state index is 15.4. The van der Waals surface area contributed by atoms with E-state index in [1.54, 1.807) is 16.8 Å². The highest BCUT2D eigenvalue weighted by atomic mass is 32.1. The number of nitriles is 1. The number of aliphatic hydroxyl groups is 1. The number of benzene rings is 2. The van der Waals surface area contributed by atoms with Crippen LogP contribution in [0.15, 0.2) is 36.4 Å². The number of aryl methyl sites for hydroxylation is 1. The summed E-state index contributed by atoms with van der Waals surface area (Å²) >= 11 is 1.23. The number of hydrogen-bond acceptors (Lipinski definition) is 8. The van der Waals surface area contributed by atoms with Crippen molar-refractivity contribution in [1.82, 2.24) is 20.1 Å². The van der Waals surface area contributed by atoms with Crippen LogP contribution in [-0.4, -0.2) is 58.7 Å². The monoisotopic (exact) mass is 523 g/mol. The van der Waals surface area contributed by atoms with Gasteiger partial charge in [0.2, 0.25) is 0 Å². The summed E-state index contributed by atoms with van der Waals surface area (Å²) in [7, 11) is 0. The number of fused-ring (bicyclic) bond motifs is 1. The Bertz CT molecular complexity index is 1460. The number of aliphatic hydroxyl groups excluding tert-OH is 1. The molecule has 0 amide bonds. The van der Waals surface area contributed by atoms with Gasteiger partial charge in [0.05, 0.1) is 12.6 Å². The molecule has 0 spiro atoms. The molecule has 4 aromatic rings. The van der Waals surface area contributed by atoms with Crippen LogP contribution in [-0.2, 0) is 6.54 Å². The lowest BCUT2D eigenvalue weighted by atomic mass is 10.1. The molecule has 2 aromatic carbocycles. The number of anilines is 3. The molecule has 3 heterocycles. The molecule has 2 aromatic heterocycles. The van der Waals surface area contributed by atoms with E-state index >= 15 is 4.39 Å². The first-order valence-electron chi connectivity index (χ1n) is 12.2. The Balaban J connectivity index is 1.65. The van der Waals surface area contributed by atoms with Gasteiger partial charge in [0.25, 0.3) is 0 Å². The van der Waals surface area contributed by atoms with Gasteiger partial charge in [0.15, 0.2) is 10.9 Å². The average molecular weight is 524 g/mol. The standard InChI is InChI=1S/C26H27F2N7OS/c1-3-33(26-31-23(22(13-29)37-26)16-5-7-17(27)8-6-16)25-20-11-18(34-10-9-30-14-19(34)15-36)12-21(28)24(20)32-35(25)4-2/h5-8,11-12,19,30,36H,3-4,9-10,14-15H2,1-2H3. The van der Waals surface area contributed by atoms with Crippen molar-refractivity contribution in [2.45, 2.75) is 26.4 Å². The summed E-state index contributed by atoms with van der Waals surface area (Å²) in [5.41, 5.74) is 2.06. The SMILES string of the molecule is CCN(c1nc(-c2ccc(F)cc2)c(C#N)s1)c1c2cc(N3CCNCC3CO)cc(F)c2nn1CC. The molecule has 2 N–H and O–H groups in total. The zero-order valence-electron chi connectivity index (χ0n) is 20.6. The summed E-state index contributed by atoms with van der Waals surface area (Å²) in [5, 5.41) is 28.7. The van der Waals surface area contributed by atoms with Crippen molar-refractivity contribution in [3.63, 3.8) is 0 Å².